The molecule has 0 spiro atoms. The molecular weight excluding hydrogens is 299 g/mol. The maximum absolute atomic E-state index is 12.6. The first-order valence-corrected chi connectivity index (χ1v) is 7.20. The van der Waals surface area contributed by atoms with Crippen LogP contribution in [-0.4, -0.2) is 36.6 Å². The van der Waals surface area contributed by atoms with Gasteiger partial charge in [-0.05, 0) is 11.6 Å². The molecule has 1 fully saturated rings. The number of rotatable bonds is 3. The first-order valence-electron chi connectivity index (χ1n) is 5.27. The van der Waals surface area contributed by atoms with E-state index >= 15 is 0 Å². The maximum atomic E-state index is 12.6. The number of anilines is 2. The lowest BCUT2D eigenvalue weighted by atomic mass is 10.1. The average Bonchev–Trinajstić information content (AvgIpc) is 2.56. The number of halogens is 2. The van der Waals surface area contributed by atoms with E-state index in [1.807, 2.05) is 0 Å². The molecule has 0 radical (unpaired) electrons. The standard InChI is InChI=1S/C9H10ClFN4O3S/c10-9-13-2-6(8(12)14-9)15-3-5(1-7(15)16)4-19(11,17)18/h2,5H,1,3-4H2,(H2,12,13,14). The van der Waals surface area contributed by atoms with Gasteiger partial charge in [-0.2, -0.15) is 13.4 Å². The van der Waals surface area contributed by atoms with E-state index in [0.29, 0.717) is 0 Å². The van der Waals surface area contributed by atoms with Crippen molar-refractivity contribution in [2.45, 2.75) is 6.42 Å². The van der Waals surface area contributed by atoms with Gasteiger partial charge in [0.15, 0.2) is 5.82 Å². The van der Waals surface area contributed by atoms with Crippen molar-refractivity contribution < 1.29 is 17.1 Å². The number of carbonyl (C=O) groups is 1. The second kappa shape index (κ2) is 4.89. The molecule has 1 unspecified atom stereocenters. The Balaban J connectivity index is 2.20. The van der Waals surface area contributed by atoms with Gasteiger partial charge in [-0.3, -0.25) is 4.79 Å². The third-order valence-corrected chi connectivity index (χ3v) is 3.75. The minimum absolute atomic E-state index is 0.0112. The van der Waals surface area contributed by atoms with Gasteiger partial charge in [0.2, 0.25) is 11.2 Å². The number of hydrogen-bond acceptors (Lipinski definition) is 6. The molecule has 1 aliphatic heterocycles. The summed E-state index contributed by atoms with van der Waals surface area (Å²) < 4.78 is 33.8. The predicted molar refractivity (Wildman–Crippen MR) is 66.8 cm³/mol. The van der Waals surface area contributed by atoms with Gasteiger partial charge in [0, 0.05) is 18.9 Å². The first-order chi connectivity index (χ1) is 8.76. The third-order valence-electron chi connectivity index (χ3n) is 2.70. The van der Waals surface area contributed by atoms with Crippen LogP contribution in [0.3, 0.4) is 0 Å². The fourth-order valence-electron chi connectivity index (χ4n) is 1.98. The van der Waals surface area contributed by atoms with Crippen molar-refractivity contribution in [1.82, 2.24) is 9.97 Å². The molecule has 1 atom stereocenters. The number of hydrogen-bond donors (Lipinski definition) is 1. The van der Waals surface area contributed by atoms with Crippen LogP contribution in [-0.2, 0) is 15.0 Å². The van der Waals surface area contributed by atoms with Crippen LogP contribution in [0.1, 0.15) is 6.42 Å². The highest BCUT2D eigenvalue weighted by Crippen LogP contribution is 2.29. The highest BCUT2D eigenvalue weighted by Gasteiger charge is 2.34. The monoisotopic (exact) mass is 308 g/mol. The normalized spacial score (nSPS) is 20.0. The average molecular weight is 309 g/mol. The molecule has 2 rings (SSSR count). The van der Waals surface area contributed by atoms with Gasteiger partial charge in [-0.25, -0.2) is 4.98 Å². The number of amides is 1. The molecule has 0 aromatic carbocycles. The fraction of sp³-hybridized carbons (Fsp3) is 0.444. The van der Waals surface area contributed by atoms with Crippen molar-refractivity contribution in [2.24, 2.45) is 5.92 Å². The van der Waals surface area contributed by atoms with Gasteiger partial charge in [0.1, 0.15) is 5.69 Å². The molecule has 1 amide bonds. The second-order valence-electron chi connectivity index (χ2n) is 4.19. The summed E-state index contributed by atoms with van der Waals surface area (Å²) in [5.74, 6) is -1.65. The summed E-state index contributed by atoms with van der Waals surface area (Å²) in [5, 5.41) is -0.0595. The number of nitrogens with two attached hydrogens (primary N) is 1. The van der Waals surface area contributed by atoms with E-state index < -0.39 is 21.9 Å². The van der Waals surface area contributed by atoms with Gasteiger partial charge in [0.05, 0.1) is 11.9 Å². The van der Waals surface area contributed by atoms with E-state index in [0.717, 1.165) is 0 Å². The van der Waals surface area contributed by atoms with Gasteiger partial charge >= 0.3 is 10.2 Å². The van der Waals surface area contributed by atoms with Crippen LogP contribution in [0.5, 0.6) is 0 Å². The minimum atomic E-state index is -4.62. The number of carbonyl (C=O) groups excluding carboxylic acids is 1. The highest BCUT2D eigenvalue weighted by molar-refractivity contribution is 7.86. The molecule has 0 bridgehead atoms. The van der Waals surface area contributed by atoms with Gasteiger partial charge in [-0.1, -0.05) is 0 Å². The van der Waals surface area contributed by atoms with Crippen LogP contribution in [0.4, 0.5) is 15.4 Å². The Kier molecular flexibility index (Phi) is 3.59. The summed E-state index contributed by atoms with van der Waals surface area (Å²) in [6.07, 6.45) is 1.21. The van der Waals surface area contributed by atoms with E-state index in [2.05, 4.69) is 9.97 Å². The van der Waals surface area contributed by atoms with Crippen LogP contribution in [0.15, 0.2) is 6.20 Å². The summed E-state index contributed by atoms with van der Waals surface area (Å²) in [5.41, 5.74) is 5.86. The Bertz CT molecular complexity index is 624. The lowest BCUT2D eigenvalue weighted by Gasteiger charge is -2.17. The molecule has 2 N–H and O–H groups in total. The van der Waals surface area contributed by atoms with Crippen LogP contribution < -0.4 is 10.6 Å². The van der Waals surface area contributed by atoms with Crippen molar-refractivity contribution in [1.29, 1.82) is 0 Å². The Morgan fingerprint density at radius 2 is 2.26 bits per heavy atom. The summed E-state index contributed by atoms with van der Waals surface area (Å²) in [6.45, 7) is 0.0528. The quantitative estimate of drug-likeness (QED) is 0.638. The number of aromatic nitrogens is 2. The first kappa shape index (κ1) is 13.9. The molecule has 0 saturated carbocycles. The van der Waals surface area contributed by atoms with Gasteiger partial charge in [-0.15, -0.1) is 3.89 Å². The third kappa shape index (κ3) is 3.29. The second-order valence-corrected chi connectivity index (χ2v) is 5.94. The number of nitrogen functional groups attached to an aromatic ring is 1. The molecule has 1 saturated heterocycles. The van der Waals surface area contributed by atoms with Crippen LogP contribution in [0, 0.1) is 5.92 Å². The van der Waals surface area contributed by atoms with Crippen LogP contribution in [0.2, 0.25) is 5.28 Å². The summed E-state index contributed by atoms with van der Waals surface area (Å²) in [4.78, 5) is 20.4. The lowest BCUT2D eigenvalue weighted by Crippen LogP contribution is -2.26. The molecule has 2 heterocycles. The molecular formula is C9H10ClFN4O3S. The van der Waals surface area contributed by atoms with E-state index in [9.17, 15) is 17.1 Å². The summed E-state index contributed by atoms with van der Waals surface area (Å²) in [7, 11) is -4.62. The van der Waals surface area contributed by atoms with Crippen molar-refractivity contribution in [3.63, 3.8) is 0 Å². The Hall–Kier alpha value is -1.48. The van der Waals surface area contributed by atoms with Crippen LogP contribution >= 0.6 is 11.6 Å². The minimum Gasteiger partial charge on any atom is -0.382 e. The van der Waals surface area contributed by atoms with E-state index in [4.69, 9.17) is 17.3 Å². The van der Waals surface area contributed by atoms with E-state index in [-0.39, 0.29) is 35.7 Å². The molecule has 1 aromatic heterocycles. The zero-order valence-electron chi connectivity index (χ0n) is 9.58. The smallest absolute Gasteiger partial charge is 0.302 e. The van der Waals surface area contributed by atoms with E-state index in [1.165, 1.54) is 11.1 Å². The Morgan fingerprint density at radius 3 is 2.84 bits per heavy atom. The molecule has 1 aromatic rings. The molecule has 10 heteroatoms. The van der Waals surface area contributed by atoms with Crippen molar-refractivity contribution in [3.05, 3.63) is 11.5 Å². The van der Waals surface area contributed by atoms with Crippen molar-refractivity contribution >= 4 is 39.2 Å². The summed E-state index contributed by atoms with van der Waals surface area (Å²) in [6, 6.07) is 0. The maximum Gasteiger partial charge on any atom is 0.302 e. The van der Waals surface area contributed by atoms with Gasteiger partial charge in [0.25, 0.3) is 0 Å². The topological polar surface area (TPSA) is 106 Å². The highest BCUT2D eigenvalue weighted by atomic mass is 35.5. The zero-order valence-corrected chi connectivity index (χ0v) is 11.2. The predicted octanol–water partition coefficient (Wildman–Crippen LogP) is 0.364. The molecule has 19 heavy (non-hydrogen) atoms. The lowest BCUT2D eigenvalue weighted by molar-refractivity contribution is -0.117. The zero-order chi connectivity index (χ0) is 14.2. The Morgan fingerprint density at radius 1 is 1.58 bits per heavy atom. The number of nitrogens with zero attached hydrogens (tertiary/aromatic N) is 3. The van der Waals surface area contributed by atoms with Crippen LogP contribution in [0.25, 0.3) is 0 Å². The van der Waals surface area contributed by atoms with Crippen molar-refractivity contribution in [2.75, 3.05) is 22.9 Å². The van der Waals surface area contributed by atoms with Gasteiger partial charge < -0.3 is 10.6 Å². The van der Waals surface area contributed by atoms with Crippen molar-refractivity contribution in [3.8, 4) is 0 Å². The molecule has 104 valence electrons. The molecule has 1 aliphatic rings. The molecule has 7 nitrogen and oxygen atoms in total. The summed E-state index contributed by atoms with van der Waals surface area (Å²) >= 11 is 5.54. The van der Waals surface area contributed by atoms with E-state index in [1.54, 1.807) is 0 Å². The Labute approximate surface area is 113 Å². The molecule has 0 aliphatic carbocycles. The SMILES string of the molecule is Nc1nc(Cl)ncc1N1CC(CS(=O)(=O)F)CC1=O. The largest absolute Gasteiger partial charge is 0.382 e. The fourth-order valence-corrected chi connectivity index (χ4v) is 2.91.